The first-order chi connectivity index (χ1) is 7.24. The summed E-state index contributed by atoms with van der Waals surface area (Å²) in [6.07, 6.45) is 0. The number of alkyl halides is 1. The van der Waals surface area contributed by atoms with Crippen LogP contribution in [0.15, 0.2) is 30.3 Å². The number of nitriles is 1. The van der Waals surface area contributed by atoms with E-state index in [9.17, 15) is 4.39 Å². The molecular weight excluding hydrogens is 257 g/mol. The van der Waals surface area contributed by atoms with Crippen LogP contribution < -0.4 is 0 Å². The van der Waals surface area contributed by atoms with Gasteiger partial charge in [0.15, 0.2) is 0 Å². The Kier molecular flexibility index (Phi) is 2.70. The molecule has 0 atom stereocenters. The van der Waals surface area contributed by atoms with E-state index in [0.29, 0.717) is 10.9 Å². The average Bonchev–Trinajstić information content (AvgIpc) is 2.26. The molecule has 0 spiro atoms. The molecule has 2 rings (SSSR count). The van der Waals surface area contributed by atoms with E-state index in [0.717, 1.165) is 16.3 Å². The van der Waals surface area contributed by atoms with Crippen molar-refractivity contribution >= 4 is 26.7 Å². The fourth-order valence-corrected chi connectivity index (χ4v) is 2.06. The number of nitrogens with zero attached hydrogens (tertiary/aromatic N) is 1. The zero-order valence-electron chi connectivity index (χ0n) is 7.80. The van der Waals surface area contributed by atoms with Crippen LogP contribution >= 0.6 is 15.9 Å². The molecule has 0 saturated carbocycles. The minimum atomic E-state index is -0.280. The summed E-state index contributed by atoms with van der Waals surface area (Å²) in [6, 6.07) is 10.2. The number of hydrogen-bond donors (Lipinski definition) is 0. The lowest BCUT2D eigenvalue weighted by molar-refractivity contribution is 0.629. The maximum absolute atomic E-state index is 13.0. The highest BCUT2D eigenvalue weighted by atomic mass is 79.9. The van der Waals surface area contributed by atoms with E-state index in [4.69, 9.17) is 5.26 Å². The van der Waals surface area contributed by atoms with Gasteiger partial charge in [-0.25, -0.2) is 4.39 Å². The molecular formula is C12H7BrFN. The Morgan fingerprint density at radius 1 is 1.27 bits per heavy atom. The van der Waals surface area contributed by atoms with Crippen molar-refractivity contribution in [2.45, 2.75) is 5.33 Å². The van der Waals surface area contributed by atoms with Crippen LogP contribution in [-0.2, 0) is 5.33 Å². The molecule has 0 aliphatic carbocycles. The Morgan fingerprint density at radius 3 is 2.73 bits per heavy atom. The molecule has 0 aliphatic rings. The fourth-order valence-electron chi connectivity index (χ4n) is 1.60. The van der Waals surface area contributed by atoms with Gasteiger partial charge >= 0.3 is 0 Å². The normalized spacial score (nSPS) is 10.2. The van der Waals surface area contributed by atoms with E-state index < -0.39 is 0 Å². The van der Waals surface area contributed by atoms with Crippen LogP contribution in [0.4, 0.5) is 4.39 Å². The van der Waals surface area contributed by atoms with Gasteiger partial charge in [0.05, 0.1) is 11.6 Å². The third kappa shape index (κ3) is 1.86. The van der Waals surface area contributed by atoms with Crippen molar-refractivity contribution in [2.24, 2.45) is 0 Å². The third-order valence-electron chi connectivity index (χ3n) is 2.27. The first kappa shape index (κ1) is 10.1. The third-order valence-corrected chi connectivity index (χ3v) is 2.88. The second-order valence-corrected chi connectivity index (χ2v) is 3.81. The molecule has 15 heavy (non-hydrogen) atoms. The van der Waals surface area contributed by atoms with Crippen molar-refractivity contribution in [3.05, 3.63) is 47.3 Å². The quantitative estimate of drug-likeness (QED) is 0.719. The first-order valence-electron chi connectivity index (χ1n) is 4.43. The van der Waals surface area contributed by atoms with Crippen LogP contribution in [0, 0.1) is 17.1 Å². The lowest BCUT2D eigenvalue weighted by atomic mass is 10.0. The second-order valence-electron chi connectivity index (χ2n) is 3.25. The average molecular weight is 264 g/mol. The molecule has 0 fully saturated rings. The Labute approximate surface area is 95.3 Å². The number of hydrogen-bond acceptors (Lipinski definition) is 1. The molecule has 2 aromatic carbocycles. The topological polar surface area (TPSA) is 23.8 Å². The second kappa shape index (κ2) is 4.00. The van der Waals surface area contributed by atoms with E-state index in [-0.39, 0.29) is 5.82 Å². The Hall–Kier alpha value is -1.40. The van der Waals surface area contributed by atoms with Gasteiger partial charge in [0.1, 0.15) is 5.82 Å². The van der Waals surface area contributed by atoms with Gasteiger partial charge < -0.3 is 0 Å². The van der Waals surface area contributed by atoms with Crippen LogP contribution in [0.3, 0.4) is 0 Å². The van der Waals surface area contributed by atoms with E-state index in [2.05, 4.69) is 22.0 Å². The maximum Gasteiger partial charge on any atom is 0.123 e. The molecule has 0 bridgehead atoms. The predicted octanol–water partition coefficient (Wildman–Crippen LogP) is 3.75. The molecule has 0 aromatic heterocycles. The molecule has 74 valence electrons. The van der Waals surface area contributed by atoms with Gasteiger partial charge in [0.25, 0.3) is 0 Å². The van der Waals surface area contributed by atoms with Gasteiger partial charge in [-0.3, -0.25) is 0 Å². The van der Waals surface area contributed by atoms with Crippen molar-refractivity contribution in [2.75, 3.05) is 0 Å². The molecule has 0 radical (unpaired) electrons. The van der Waals surface area contributed by atoms with Crippen molar-refractivity contribution in [3.8, 4) is 6.07 Å². The SMILES string of the molecule is N#Cc1cc(CBr)c2ccc(F)cc2c1. The summed E-state index contributed by atoms with van der Waals surface area (Å²) in [5.74, 6) is -0.280. The molecule has 0 saturated heterocycles. The highest BCUT2D eigenvalue weighted by Gasteiger charge is 2.04. The first-order valence-corrected chi connectivity index (χ1v) is 5.55. The smallest absolute Gasteiger partial charge is 0.123 e. The van der Waals surface area contributed by atoms with Crippen molar-refractivity contribution in [3.63, 3.8) is 0 Å². The summed E-state index contributed by atoms with van der Waals surface area (Å²) in [6.45, 7) is 0. The number of benzene rings is 2. The number of rotatable bonds is 1. The Morgan fingerprint density at radius 2 is 2.07 bits per heavy atom. The van der Waals surface area contributed by atoms with Gasteiger partial charge in [-0.2, -0.15) is 5.26 Å². The van der Waals surface area contributed by atoms with E-state index >= 15 is 0 Å². The van der Waals surface area contributed by atoms with E-state index in [1.54, 1.807) is 12.1 Å². The van der Waals surface area contributed by atoms with Crippen molar-refractivity contribution in [1.29, 1.82) is 5.26 Å². The molecule has 0 amide bonds. The zero-order chi connectivity index (χ0) is 10.8. The lowest BCUT2D eigenvalue weighted by Crippen LogP contribution is -1.86. The molecule has 2 aromatic rings. The molecule has 3 heteroatoms. The van der Waals surface area contributed by atoms with Crippen LogP contribution in [0.2, 0.25) is 0 Å². The number of halogens is 2. The summed E-state index contributed by atoms with van der Waals surface area (Å²) in [7, 11) is 0. The fraction of sp³-hybridized carbons (Fsp3) is 0.0833. The van der Waals surface area contributed by atoms with Crippen LogP contribution in [-0.4, -0.2) is 0 Å². The Balaban J connectivity index is 2.82. The van der Waals surface area contributed by atoms with Crippen LogP contribution in [0.5, 0.6) is 0 Å². The highest BCUT2D eigenvalue weighted by Crippen LogP contribution is 2.23. The van der Waals surface area contributed by atoms with Crippen molar-refractivity contribution in [1.82, 2.24) is 0 Å². The molecule has 0 heterocycles. The minimum absolute atomic E-state index is 0.280. The molecule has 0 unspecified atom stereocenters. The van der Waals surface area contributed by atoms with Crippen LogP contribution in [0.25, 0.3) is 10.8 Å². The Bertz CT molecular complexity index is 557. The summed E-state index contributed by atoms with van der Waals surface area (Å²) < 4.78 is 13.0. The van der Waals surface area contributed by atoms with Gasteiger partial charge in [0, 0.05) is 5.33 Å². The van der Waals surface area contributed by atoms with E-state index in [1.807, 2.05) is 6.07 Å². The summed E-state index contributed by atoms with van der Waals surface area (Å²) >= 11 is 3.36. The molecule has 1 nitrogen and oxygen atoms in total. The standard InChI is InChI=1S/C12H7BrFN/c13-6-10-4-8(7-15)3-9-5-11(14)1-2-12(9)10/h1-5H,6H2. The summed E-state index contributed by atoms with van der Waals surface area (Å²) in [4.78, 5) is 0. The number of fused-ring (bicyclic) bond motifs is 1. The highest BCUT2D eigenvalue weighted by molar-refractivity contribution is 9.08. The maximum atomic E-state index is 13.0. The molecule has 0 N–H and O–H groups in total. The molecule has 0 aliphatic heterocycles. The zero-order valence-corrected chi connectivity index (χ0v) is 9.38. The van der Waals surface area contributed by atoms with Gasteiger partial charge in [-0.15, -0.1) is 0 Å². The predicted molar refractivity (Wildman–Crippen MR) is 61.3 cm³/mol. The minimum Gasteiger partial charge on any atom is -0.207 e. The largest absolute Gasteiger partial charge is 0.207 e. The van der Waals surface area contributed by atoms with Gasteiger partial charge in [-0.1, -0.05) is 22.0 Å². The van der Waals surface area contributed by atoms with Crippen LogP contribution in [0.1, 0.15) is 11.1 Å². The van der Waals surface area contributed by atoms with E-state index in [1.165, 1.54) is 12.1 Å². The van der Waals surface area contributed by atoms with Gasteiger partial charge in [-0.05, 0) is 40.6 Å². The summed E-state index contributed by atoms with van der Waals surface area (Å²) in [5.41, 5.74) is 1.56. The van der Waals surface area contributed by atoms with Crippen molar-refractivity contribution < 1.29 is 4.39 Å². The van der Waals surface area contributed by atoms with Gasteiger partial charge in [0.2, 0.25) is 0 Å². The summed E-state index contributed by atoms with van der Waals surface area (Å²) in [5, 5.41) is 11.2. The monoisotopic (exact) mass is 263 g/mol. The lowest BCUT2D eigenvalue weighted by Gasteiger charge is -2.04.